The molecule has 1 amide bonds. The molecule has 0 aliphatic carbocycles. The Hall–Kier alpha value is -3.38. The van der Waals surface area contributed by atoms with E-state index in [4.69, 9.17) is 17.0 Å². The van der Waals surface area contributed by atoms with Crippen molar-refractivity contribution in [2.24, 2.45) is 0 Å². The zero-order valence-electron chi connectivity index (χ0n) is 18.4. The van der Waals surface area contributed by atoms with Crippen LogP contribution in [0.1, 0.15) is 19.8 Å². The number of carbonyl (C=O) groups excluding carboxylic acids is 1. The molecular weight excluding hydrogens is 441 g/mol. The van der Waals surface area contributed by atoms with Crippen molar-refractivity contribution in [3.05, 3.63) is 54.3 Å². The van der Waals surface area contributed by atoms with E-state index in [1.807, 2.05) is 35.2 Å². The number of thiocarbonyl (C=S) groups is 1. The van der Waals surface area contributed by atoms with Crippen LogP contribution in [-0.2, 0) is 4.74 Å². The van der Waals surface area contributed by atoms with Crippen molar-refractivity contribution >= 4 is 40.4 Å². The van der Waals surface area contributed by atoms with Crippen LogP contribution in [0.2, 0.25) is 0 Å². The number of para-hydroxylation sites is 1. The second-order valence-corrected chi connectivity index (χ2v) is 8.97. The molecule has 172 valence electrons. The van der Waals surface area contributed by atoms with Crippen molar-refractivity contribution in [3.63, 3.8) is 0 Å². The number of anilines is 3. The fourth-order valence-electron chi connectivity index (χ4n) is 4.21. The largest absolute Gasteiger partial charge is 0.442 e. The van der Waals surface area contributed by atoms with E-state index >= 15 is 4.39 Å². The molecule has 2 N–H and O–H groups in total. The summed E-state index contributed by atoms with van der Waals surface area (Å²) in [6.07, 6.45) is 0.272. The second kappa shape index (κ2) is 9.63. The lowest BCUT2D eigenvalue weighted by Crippen LogP contribution is -2.48. The molecule has 9 heteroatoms. The van der Waals surface area contributed by atoms with Crippen LogP contribution in [0, 0.1) is 17.1 Å². The van der Waals surface area contributed by atoms with Crippen molar-refractivity contribution in [3.8, 4) is 6.07 Å². The number of nitrogens with zero attached hydrogens (tertiary/aromatic N) is 3. The smallest absolute Gasteiger partial charge is 0.414 e. The molecule has 0 radical (unpaired) electrons. The number of hydrogen-bond donors (Lipinski definition) is 2. The van der Waals surface area contributed by atoms with E-state index in [-0.39, 0.29) is 6.10 Å². The lowest BCUT2D eigenvalue weighted by atomic mass is 9.88. The molecule has 2 aliphatic rings. The van der Waals surface area contributed by atoms with Gasteiger partial charge in [-0.3, -0.25) is 4.90 Å². The normalized spacial score (nSPS) is 19.5. The standard InChI is InChI=1S/C24H26FN5O2S/c1-17(33)27-14-20-15-30(23(31)32-20)19-7-8-22(21(25)13-19)29-11-9-24(16-26,10-12-29)28-18-5-3-2-4-6-18/h2-8,13,20,28H,9-12,14-15H2,1H3,(H,27,33). The Bertz CT molecular complexity index is 1070. The highest BCUT2D eigenvalue weighted by atomic mass is 32.1. The average Bonchev–Trinajstić information content (AvgIpc) is 3.19. The Kier molecular flexibility index (Phi) is 6.65. The van der Waals surface area contributed by atoms with Crippen LogP contribution in [0.3, 0.4) is 0 Å². The molecule has 2 saturated heterocycles. The van der Waals surface area contributed by atoms with Crippen molar-refractivity contribution in [2.45, 2.75) is 31.4 Å². The van der Waals surface area contributed by atoms with Gasteiger partial charge in [0.05, 0.1) is 35.5 Å². The minimum absolute atomic E-state index is 0.326. The molecule has 2 aliphatic heterocycles. The number of nitriles is 1. The number of carbonyl (C=O) groups is 1. The van der Waals surface area contributed by atoms with Gasteiger partial charge in [-0.1, -0.05) is 30.4 Å². The van der Waals surface area contributed by atoms with Crippen LogP contribution < -0.4 is 20.4 Å². The van der Waals surface area contributed by atoms with Crippen molar-refractivity contribution < 1.29 is 13.9 Å². The van der Waals surface area contributed by atoms with Gasteiger partial charge in [0.25, 0.3) is 0 Å². The lowest BCUT2D eigenvalue weighted by Gasteiger charge is -2.39. The first-order valence-corrected chi connectivity index (χ1v) is 11.3. The Labute approximate surface area is 198 Å². The quantitative estimate of drug-likeness (QED) is 0.620. The molecule has 4 rings (SSSR count). The SMILES string of the molecule is CC(=S)NCC1CN(c2ccc(N3CCC(C#N)(Nc4ccccc4)CC3)c(F)c2)C(=O)O1. The van der Waals surface area contributed by atoms with Gasteiger partial charge in [-0.2, -0.15) is 5.26 Å². The fourth-order valence-corrected chi connectivity index (χ4v) is 4.29. The minimum Gasteiger partial charge on any atom is -0.442 e. The van der Waals surface area contributed by atoms with E-state index < -0.39 is 17.4 Å². The molecule has 0 bridgehead atoms. The van der Waals surface area contributed by atoms with Crippen LogP contribution in [0.4, 0.5) is 26.2 Å². The van der Waals surface area contributed by atoms with Gasteiger partial charge in [0.15, 0.2) is 0 Å². The van der Waals surface area contributed by atoms with Crippen LogP contribution in [-0.4, -0.2) is 48.9 Å². The summed E-state index contributed by atoms with van der Waals surface area (Å²) in [7, 11) is 0. The third-order valence-electron chi connectivity index (χ3n) is 6.02. The molecule has 2 aromatic carbocycles. The van der Waals surface area contributed by atoms with Gasteiger partial charge >= 0.3 is 6.09 Å². The number of amides is 1. The maximum absolute atomic E-state index is 15.1. The Morgan fingerprint density at radius 3 is 2.64 bits per heavy atom. The first-order valence-electron chi connectivity index (χ1n) is 10.9. The molecule has 0 spiro atoms. The van der Waals surface area contributed by atoms with Gasteiger partial charge in [0.2, 0.25) is 0 Å². The number of piperidine rings is 1. The Morgan fingerprint density at radius 2 is 2.00 bits per heavy atom. The highest BCUT2D eigenvalue weighted by Crippen LogP contribution is 2.33. The number of benzene rings is 2. The third-order valence-corrected chi connectivity index (χ3v) is 6.17. The Morgan fingerprint density at radius 1 is 1.27 bits per heavy atom. The molecule has 2 heterocycles. The monoisotopic (exact) mass is 467 g/mol. The summed E-state index contributed by atoms with van der Waals surface area (Å²) in [5.74, 6) is -0.405. The number of rotatable bonds is 6. The van der Waals surface area contributed by atoms with Crippen molar-refractivity contribution in [1.82, 2.24) is 5.32 Å². The van der Waals surface area contributed by atoms with Crippen LogP contribution in [0.25, 0.3) is 0 Å². The molecular formula is C24H26FN5O2S. The highest BCUT2D eigenvalue weighted by molar-refractivity contribution is 7.80. The number of halogens is 1. The summed E-state index contributed by atoms with van der Waals surface area (Å²) in [5.41, 5.74) is 1.14. The first kappa shape index (κ1) is 22.8. The van der Waals surface area contributed by atoms with Gasteiger partial charge in [-0.25, -0.2) is 9.18 Å². The summed E-state index contributed by atoms with van der Waals surface area (Å²) >= 11 is 4.99. The van der Waals surface area contributed by atoms with Gasteiger partial charge < -0.3 is 20.3 Å². The van der Waals surface area contributed by atoms with Crippen LogP contribution >= 0.6 is 12.2 Å². The maximum Gasteiger partial charge on any atom is 0.414 e. The predicted molar refractivity (Wildman–Crippen MR) is 130 cm³/mol. The summed E-state index contributed by atoms with van der Waals surface area (Å²) in [4.78, 5) is 16.3. The summed E-state index contributed by atoms with van der Waals surface area (Å²) in [5, 5.41) is 16.2. The fraction of sp³-hybridized carbons (Fsp3) is 0.375. The molecule has 2 aromatic rings. The van der Waals surface area contributed by atoms with E-state index in [1.165, 1.54) is 11.0 Å². The third kappa shape index (κ3) is 5.17. The molecule has 2 fully saturated rings. The topological polar surface area (TPSA) is 80.6 Å². The predicted octanol–water partition coefficient (Wildman–Crippen LogP) is 4.06. The lowest BCUT2D eigenvalue weighted by molar-refractivity contribution is 0.143. The maximum atomic E-state index is 15.1. The van der Waals surface area contributed by atoms with E-state index in [1.54, 1.807) is 19.1 Å². The van der Waals surface area contributed by atoms with Gasteiger partial charge in [0, 0.05) is 31.6 Å². The highest BCUT2D eigenvalue weighted by Gasteiger charge is 2.36. The zero-order chi connectivity index (χ0) is 23.4. The number of ether oxygens (including phenoxy) is 1. The van der Waals surface area contributed by atoms with E-state index in [9.17, 15) is 10.1 Å². The molecule has 0 aromatic heterocycles. The summed E-state index contributed by atoms with van der Waals surface area (Å²) in [6.45, 7) is 3.59. The minimum atomic E-state index is -0.683. The van der Waals surface area contributed by atoms with Crippen molar-refractivity contribution in [2.75, 3.05) is 41.3 Å². The number of hydrogen-bond acceptors (Lipinski definition) is 6. The Balaban J connectivity index is 1.40. The first-order chi connectivity index (χ1) is 15.9. The second-order valence-electron chi connectivity index (χ2n) is 8.36. The van der Waals surface area contributed by atoms with Gasteiger partial charge in [-0.05, 0) is 37.3 Å². The van der Waals surface area contributed by atoms with Gasteiger partial charge in [-0.15, -0.1) is 0 Å². The molecule has 1 atom stereocenters. The summed E-state index contributed by atoms with van der Waals surface area (Å²) in [6, 6.07) is 16.9. The van der Waals surface area contributed by atoms with E-state index in [2.05, 4.69) is 16.7 Å². The molecule has 33 heavy (non-hydrogen) atoms. The van der Waals surface area contributed by atoms with Gasteiger partial charge in [0.1, 0.15) is 17.5 Å². The van der Waals surface area contributed by atoms with Crippen LogP contribution in [0.15, 0.2) is 48.5 Å². The summed E-state index contributed by atoms with van der Waals surface area (Å²) < 4.78 is 20.4. The van der Waals surface area contributed by atoms with Crippen molar-refractivity contribution in [1.29, 1.82) is 5.26 Å². The number of nitrogens with one attached hydrogen (secondary N) is 2. The molecule has 1 unspecified atom stereocenters. The van der Waals surface area contributed by atoms with E-state index in [0.29, 0.717) is 55.4 Å². The molecule has 7 nitrogen and oxygen atoms in total. The number of cyclic esters (lactones) is 1. The zero-order valence-corrected chi connectivity index (χ0v) is 19.2. The van der Waals surface area contributed by atoms with E-state index in [0.717, 1.165) is 5.69 Å². The average molecular weight is 468 g/mol. The van der Waals surface area contributed by atoms with Crippen LogP contribution in [0.5, 0.6) is 0 Å². The molecule has 0 saturated carbocycles.